The van der Waals surface area contributed by atoms with Crippen molar-refractivity contribution in [2.24, 2.45) is 5.73 Å². The van der Waals surface area contributed by atoms with Gasteiger partial charge in [0.15, 0.2) is 0 Å². The molecule has 3 rings (SSSR count). The van der Waals surface area contributed by atoms with Crippen molar-refractivity contribution in [1.82, 2.24) is 4.90 Å². The minimum absolute atomic E-state index is 0.223. The Balaban J connectivity index is 1.52. The summed E-state index contributed by atoms with van der Waals surface area (Å²) >= 11 is 0. The Labute approximate surface area is 122 Å². The van der Waals surface area contributed by atoms with Crippen LogP contribution in [0.4, 0.5) is 0 Å². The lowest BCUT2D eigenvalue weighted by atomic mass is 9.88. The van der Waals surface area contributed by atoms with Crippen molar-refractivity contribution in [1.29, 1.82) is 0 Å². The fourth-order valence-corrected chi connectivity index (χ4v) is 3.39. The third-order valence-corrected chi connectivity index (χ3v) is 4.60. The number of ether oxygens (including phenoxy) is 1. The van der Waals surface area contributed by atoms with Crippen LogP contribution >= 0.6 is 0 Å². The number of likely N-dealkylation sites (tertiary alicyclic amines) is 1. The molecular formula is C17H26N2O. The number of fused-ring (bicyclic) bond motifs is 1. The number of hydrogen-bond acceptors (Lipinski definition) is 3. The van der Waals surface area contributed by atoms with Crippen LogP contribution in [0.25, 0.3) is 0 Å². The van der Waals surface area contributed by atoms with Crippen LogP contribution in [0.5, 0.6) is 5.75 Å². The van der Waals surface area contributed by atoms with E-state index in [2.05, 4.69) is 23.1 Å². The summed E-state index contributed by atoms with van der Waals surface area (Å²) in [5.41, 5.74) is 8.85. The summed E-state index contributed by atoms with van der Waals surface area (Å²) in [5, 5.41) is 0. The normalized spacial score (nSPS) is 23.4. The average Bonchev–Trinajstić information content (AvgIpc) is 2.48. The average molecular weight is 274 g/mol. The first-order valence-corrected chi connectivity index (χ1v) is 8.06. The molecule has 0 aromatic heterocycles. The molecule has 0 spiro atoms. The maximum Gasteiger partial charge on any atom is 0.119 e. The van der Waals surface area contributed by atoms with E-state index in [1.165, 1.54) is 49.9 Å². The maximum absolute atomic E-state index is 6.15. The molecule has 0 bridgehead atoms. The highest BCUT2D eigenvalue weighted by atomic mass is 16.5. The van der Waals surface area contributed by atoms with E-state index in [9.17, 15) is 0 Å². The van der Waals surface area contributed by atoms with E-state index in [4.69, 9.17) is 10.5 Å². The zero-order chi connectivity index (χ0) is 13.8. The van der Waals surface area contributed by atoms with E-state index in [1.54, 1.807) is 0 Å². The zero-order valence-corrected chi connectivity index (χ0v) is 12.3. The molecule has 1 fully saturated rings. The molecule has 1 aliphatic carbocycles. The number of benzene rings is 1. The summed E-state index contributed by atoms with van der Waals surface area (Å²) in [6.45, 7) is 4.33. The molecule has 2 aliphatic rings. The van der Waals surface area contributed by atoms with Gasteiger partial charge in [0.25, 0.3) is 0 Å². The van der Waals surface area contributed by atoms with Crippen molar-refractivity contribution in [2.45, 2.75) is 44.6 Å². The van der Waals surface area contributed by atoms with Gasteiger partial charge >= 0.3 is 0 Å². The van der Waals surface area contributed by atoms with Gasteiger partial charge in [0.05, 0.1) is 0 Å². The SMILES string of the molecule is NC1CCCc2cc(OCCN3CCCCC3)ccc21. The first-order valence-electron chi connectivity index (χ1n) is 8.06. The fraction of sp³-hybridized carbons (Fsp3) is 0.647. The van der Waals surface area contributed by atoms with Crippen LogP contribution in [0.2, 0.25) is 0 Å². The molecular weight excluding hydrogens is 248 g/mol. The van der Waals surface area contributed by atoms with Crippen molar-refractivity contribution >= 4 is 0 Å². The first kappa shape index (κ1) is 13.9. The maximum atomic E-state index is 6.15. The van der Waals surface area contributed by atoms with Gasteiger partial charge in [-0.15, -0.1) is 0 Å². The Morgan fingerprint density at radius 3 is 2.85 bits per heavy atom. The van der Waals surface area contributed by atoms with Gasteiger partial charge < -0.3 is 10.5 Å². The van der Waals surface area contributed by atoms with Gasteiger partial charge in [-0.25, -0.2) is 0 Å². The second kappa shape index (κ2) is 6.59. The molecule has 3 nitrogen and oxygen atoms in total. The molecule has 1 heterocycles. The van der Waals surface area contributed by atoms with Gasteiger partial charge in [-0.1, -0.05) is 12.5 Å². The molecule has 0 radical (unpaired) electrons. The predicted octanol–water partition coefficient (Wildman–Crippen LogP) is 2.89. The van der Waals surface area contributed by atoms with Crippen LogP contribution in [0.3, 0.4) is 0 Å². The molecule has 110 valence electrons. The molecule has 20 heavy (non-hydrogen) atoms. The predicted molar refractivity (Wildman–Crippen MR) is 82.1 cm³/mol. The van der Waals surface area contributed by atoms with Crippen LogP contribution in [0.15, 0.2) is 18.2 Å². The molecule has 1 atom stereocenters. The van der Waals surface area contributed by atoms with Gasteiger partial charge in [-0.05, 0) is 68.5 Å². The Morgan fingerprint density at radius 1 is 1.15 bits per heavy atom. The van der Waals surface area contributed by atoms with Gasteiger partial charge in [0.1, 0.15) is 12.4 Å². The van der Waals surface area contributed by atoms with E-state index in [-0.39, 0.29) is 6.04 Å². The third kappa shape index (κ3) is 3.33. The highest BCUT2D eigenvalue weighted by Crippen LogP contribution is 2.30. The minimum atomic E-state index is 0.223. The molecule has 0 amide bonds. The minimum Gasteiger partial charge on any atom is -0.492 e. The second-order valence-corrected chi connectivity index (χ2v) is 6.11. The Morgan fingerprint density at radius 2 is 2.00 bits per heavy atom. The molecule has 0 saturated carbocycles. The summed E-state index contributed by atoms with van der Waals surface area (Å²) in [6, 6.07) is 6.67. The highest BCUT2D eigenvalue weighted by Gasteiger charge is 2.17. The summed E-state index contributed by atoms with van der Waals surface area (Å²) in [6.07, 6.45) is 7.54. The smallest absolute Gasteiger partial charge is 0.119 e. The van der Waals surface area contributed by atoms with Gasteiger partial charge in [0, 0.05) is 12.6 Å². The molecule has 3 heteroatoms. The van der Waals surface area contributed by atoms with Crippen LogP contribution < -0.4 is 10.5 Å². The molecule has 1 aliphatic heterocycles. The molecule has 1 saturated heterocycles. The van der Waals surface area contributed by atoms with E-state index < -0.39 is 0 Å². The van der Waals surface area contributed by atoms with Crippen molar-refractivity contribution in [3.8, 4) is 5.75 Å². The van der Waals surface area contributed by atoms with Crippen molar-refractivity contribution in [2.75, 3.05) is 26.2 Å². The standard InChI is InChI=1S/C17H26N2O/c18-17-6-4-5-14-13-15(7-8-16(14)17)20-12-11-19-9-2-1-3-10-19/h7-8,13,17H,1-6,9-12,18H2. The van der Waals surface area contributed by atoms with E-state index in [1.807, 2.05) is 0 Å². The van der Waals surface area contributed by atoms with Crippen LogP contribution in [-0.2, 0) is 6.42 Å². The van der Waals surface area contributed by atoms with Crippen molar-refractivity contribution in [3.05, 3.63) is 29.3 Å². The van der Waals surface area contributed by atoms with Crippen LogP contribution in [0.1, 0.15) is 49.3 Å². The number of piperidine rings is 1. The monoisotopic (exact) mass is 274 g/mol. The fourth-order valence-electron chi connectivity index (χ4n) is 3.39. The molecule has 1 unspecified atom stereocenters. The van der Waals surface area contributed by atoms with E-state index >= 15 is 0 Å². The molecule has 2 N–H and O–H groups in total. The quantitative estimate of drug-likeness (QED) is 0.917. The molecule has 1 aromatic rings. The zero-order valence-electron chi connectivity index (χ0n) is 12.3. The summed E-state index contributed by atoms with van der Waals surface area (Å²) in [7, 11) is 0. The lowest BCUT2D eigenvalue weighted by molar-refractivity contribution is 0.183. The lowest BCUT2D eigenvalue weighted by Crippen LogP contribution is -2.33. The first-order chi connectivity index (χ1) is 9.83. The van der Waals surface area contributed by atoms with Crippen LogP contribution in [-0.4, -0.2) is 31.1 Å². The number of rotatable bonds is 4. The number of hydrogen-bond donors (Lipinski definition) is 1. The van der Waals surface area contributed by atoms with E-state index in [0.717, 1.165) is 31.7 Å². The Hall–Kier alpha value is -1.06. The summed E-state index contributed by atoms with van der Waals surface area (Å²) in [4.78, 5) is 2.51. The van der Waals surface area contributed by atoms with Gasteiger partial charge in [-0.2, -0.15) is 0 Å². The van der Waals surface area contributed by atoms with Crippen molar-refractivity contribution in [3.63, 3.8) is 0 Å². The summed E-state index contributed by atoms with van der Waals surface area (Å²) < 4.78 is 5.93. The van der Waals surface area contributed by atoms with Crippen LogP contribution in [0, 0.1) is 0 Å². The topological polar surface area (TPSA) is 38.5 Å². The lowest BCUT2D eigenvalue weighted by Gasteiger charge is -2.26. The second-order valence-electron chi connectivity index (χ2n) is 6.11. The molecule has 1 aromatic carbocycles. The summed E-state index contributed by atoms with van der Waals surface area (Å²) in [5.74, 6) is 1.01. The Kier molecular flexibility index (Phi) is 4.58. The highest BCUT2D eigenvalue weighted by molar-refractivity contribution is 5.38. The third-order valence-electron chi connectivity index (χ3n) is 4.60. The Bertz CT molecular complexity index is 441. The van der Waals surface area contributed by atoms with E-state index in [0.29, 0.717) is 0 Å². The number of aryl methyl sites for hydroxylation is 1. The number of nitrogens with two attached hydrogens (primary N) is 1. The van der Waals surface area contributed by atoms with Crippen molar-refractivity contribution < 1.29 is 4.74 Å². The van der Waals surface area contributed by atoms with Gasteiger partial charge in [-0.3, -0.25) is 4.90 Å². The largest absolute Gasteiger partial charge is 0.492 e. The number of nitrogens with zero attached hydrogens (tertiary/aromatic N) is 1. The van der Waals surface area contributed by atoms with Gasteiger partial charge in [0.2, 0.25) is 0 Å².